The van der Waals surface area contributed by atoms with E-state index in [4.69, 9.17) is 49.0 Å². The SMILES string of the molecule is COCO[C@H]1[C@@H](Cl)CC(Cl)(Cl)C(=O)OCC1(C)C. The molecule has 0 unspecified atom stereocenters. The van der Waals surface area contributed by atoms with Gasteiger partial charge in [0.25, 0.3) is 0 Å². The largest absolute Gasteiger partial charge is 0.463 e. The number of methoxy groups -OCH3 is 1. The van der Waals surface area contributed by atoms with E-state index in [1.165, 1.54) is 7.11 Å². The maximum Gasteiger partial charge on any atom is 0.342 e. The van der Waals surface area contributed by atoms with E-state index in [2.05, 4.69) is 0 Å². The summed E-state index contributed by atoms with van der Waals surface area (Å²) in [5.41, 5.74) is -0.453. The molecule has 0 amide bonds. The van der Waals surface area contributed by atoms with Crippen LogP contribution < -0.4 is 0 Å². The molecule has 1 rings (SSSR count). The predicted octanol–water partition coefficient (Wildman–Crippen LogP) is 2.73. The summed E-state index contributed by atoms with van der Waals surface area (Å²) in [6.07, 6.45) is -0.335. The van der Waals surface area contributed by atoms with Crippen LogP contribution in [0, 0.1) is 5.41 Å². The molecule has 1 aliphatic heterocycles. The number of halogens is 3. The van der Waals surface area contributed by atoms with Crippen LogP contribution in [-0.4, -0.2) is 42.3 Å². The number of cyclic esters (lactones) is 1. The van der Waals surface area contributed by atoms with Gasteiger partial charge in [0.15, 0.2) is 0 Å². The third-order valence-corrected chi connectivity index (χ3v) is 3.79. The van der Waals surface area contributed by atoms with E-state index in [1.54, 1.807) is 0 Å². The molecule has 0 aromatic heterocycles. The molecule has 1 aliphatic rings. The third kappa shape index (κ3) is 3.87. The maximum atomic E-state index is 11.6. The van der Waals surface area contributed by atoms with Crippen molar-refractivity contribution in [2.75, 3.05) is 20.5 Å². The maximum absolute atomic E-state index is 11.6. The average molecular weight is 320 g/mol. The number of rotatable bonds is 3. The lowest BCUT2D eigenvalue weighted by Crippen LogP contribution is -2.49. The zero-order valence-electron chi connectivity index (χ0n) is 10.5. The van der Waals surface area contributed by atoms with Crippen LogP contribution in [0.2, 0.25) is 0 Å². The molecule has 1 heterocycles. The normalized spacial score (nSPS) is 31.3. The van der Waals surface area contributed by atoms with Crippen molar-refractivity contribution < 1.29 is 19.0 Å². The van der Waals surface area contributed by atoms with Crippen molar-refractivity contribution in [1.29, 1.82) is 0 Å². The van der Waals surface area contributed by atoms with Crippen molar-refractivity contribution in [2.45, 2.75) is 36.1 Å². The van der Waals surface area contributed by atoms with Gasteiger partial charge in [-0.3, -0.25) is 0 Å². The Morgan fingerprint density at radius 3 is 2.61 bits per heavy atom. The lowest BCUT2D eigenvalue weighted by Gasteiger charge is -2.40. The van der Waals surface area contributed by atoms with E-state index in [9.17, 15) is 4.79 Å². The van der Waals surface area contributed by atoms with Crippen LogP contribution in [0.3, 0.4) is 0 Å². The molecule has 0 aromatic rings. The van der Waals surface area contributed by atoms with E-state index in [1.807, 2.05) is 13.8 Å². The Kier molecular flexibility index (Phi) is 5.57. The summed E-state index contributed by atoms with van der Waals surface area (Å²) in [6, 6.07) is 0. The van der Waals surface area contributed by atoms with Gasteiger partial charge in [-0.2, -0.15) is 0 Å². The zero-order valence-corrected chi connectivity index (χ0v) is 12.8. The molecule has 0 N–H and O–H groups in total. The molecule has 7 heteroatoms. The number of carbonyl (C=O) groups is 1. The first kappa shape index (κ1) is 16.3. The standard InChI is InChI=1S/C11H17Cl3O4/c1-10(2)5-17-9(15)11(13,14)4-7(12)8(10)18-6-16-3/h7-8H,4-6H2,1-3H3/t7-,8-/m0/s1. The Morgan fingerprint density at radius 1 is 1.44 bits per heavy atom. The number of alkyl halides is 3. The van der Waals surface area contributed by atoms with Gasteiger partial charge in [0, 0.05) is 18.9 Å². The zero-order chi connectivity index (χ0) is 14.0. The van der Waals surface area contributed by atoms with Crippen molar-refractivity contribution in [3.63, 3.8) is 0 Å². The van der Waals surface area contributed by atoms with Crippen molar-refractivity contribution >= 4 is 40.8 Å². The molecule has 0 aliphatic carbocycles. The van der Waals surface area contributed by atoms with Gasteiger partial charge < -0.3 is 14.2 Å². The van der Waals surface area contributed by atoms with Gasteiger partial charge in [-0.05, 0) is 0 Å². The lowest BCUT2D eigenvalue weighted by atomic mass is 9.83. The topological polar surface area (TPSA) is 44.8 Å². The minimum absolute atomic E-state index is 0.0499. The minimum Gasteiger partial charge on any atom is -0.463 e. The molecule has 0 spiro atoms. The average Bonchev–Trinajstić information content (AvgIpc) is 2.24. The number of hydrogen-bond donors (Lipinski definition) is 0. The monoisotopic (exact) mass is 318 g/mol. The number of ether oxygens (including phenoxy) is 3. The minimum atomic E-state index is -1.64. The first-order valence-electron chi connectivity index (χ1n) is 5.50. The summed E-state index contributed by atoms with van der Waals surface area (Å²) < 4.78 is 13.9. The summed E-state index contributed by atoms with van der Waals surface area (Å²) in [6.45, 7) is 4.02. The van der Waals surface area contributed by atoms with Gasteiger partial charge in [-0.15, -0.1) is 11.6 Å². The van der Waals surface area contributed by atoms with Crippen LogP contribution >= 0.6 is 34.8 Å². The van der Waals surface area contributed by atoms with Crippen LogP contribution in [0.1, 0.15) is 20.3 Å². The quantitative estimate of drug-likeness (QED) is 0.456. The Labute approximate surface area is 122 Å². The van der Waals surface area contributed by atoms with E-state index < -0.39 is 21.1 Å². The van der Waals surface area contributed by atoms with Crippen LogP contribution in [-0.2, 0) is 19.0 Å². The molecule has 106 valence electrons. The van der Waals surface area contributed by atoms with E-state index >= 15 is 0 Å². The molecule has 18 heavy (non-hydrogen) atoms. The molecule has 1 fully saturated rings. The van der Waals surface area contributed by atoms with Gasteiger partial charge >= 0.3 is 5.97 Å². The molecule has 0 bridgehead atoms. The van der Waals surface area contributed by atoms with Crippen LogP contribution in [0.4, 0.5) is 0 Å². The fraction of sp³-hybridized carbons (Fsp3) is 0.909. The molecule has 0 aromatic carbocycles. The lowest BCUT2D eigenvalue weighted by molar-refractivity contribution is -0.162. The van der Waals surface area contributed by atoms with E-state index in [-0.39, 0.29) is 25.9 Å². The molecule has 4 nitrogen and oxygen atoms in total. The molecule has 1 saturated heterocycles. The highest BCUT2D eigenvalue weighted by Gasteiger charge is 2.47. The number of carbonyl (C=O) groups excluding carboxylic acids is 1. The van der Waals surface area contributed by atoms with Gasteiger partial charge in [0.05, 0.1) is 18.1 Å². The van der Waals surface area contributed by atoms with E-state index in [0.29, 0.717) is 0 Å². The van der Waals surface area contributed by atoms with Gasteiger partial charge in [-0.25, -0.2) is 4.79 Å². The fourth-order valence-corrected chi connectivity index (χ4v) is 3.08. The number of esters is 1. The predicted molar refractivity (Wildman–Crippen MR) is 70.2 cm³/mol. The van der Waals surface area contributed by atoms with Gasteiger partial charge in [0.2, 0.25) is 4.33 Å². The highest BCUT2D eigenvalue weighted by molar-refractivity contribution is 6.57. The number of hydrogen-bond acceptors (Lipinski definition) is 4. The highest BCUT2D eigenvalue weighted by atomic mass is 35.5. The first-order chi connectivity index (χ1) is 8.20. The van der Waals surface area contributed by atoms with Crippen molar-refractivity contribution in [3.05, 3.63) is 0 Å². The van der Waals surface area contributed by atoms with Crippen molar-refractivity contribution in [2.24, 2.45) is 5.41 Å². The second kappa shape index (κ2) is 6.14. The summed E-state index contributed by atoms with van der Waals surface area (Å²) in [7, 11) is 1.52. The molecule has 0 saturated carbocycles. The van der Waals surface area contributed by atoms with Crippen molar-refractivity contribution in [3.8, 4) is 0 Å². The Balaban J connectivity index is 2.89. The first-order valence-corrected chi connectivity index (χ1v) is 6.69. The van der Waals surface area contributed by atoms with Crippen LogP contribution in [0.15, 0.2) is 0 Å². The fourth-order valence-electron chi connectivity index (χ4n) is 1.84. The molecular weight excluding hydrogens is 302 g/mol. The van der Waals surface area contributed by atoms with Crippen LogP contribution in [0.5, 0.6) is 0 Å². The van der Waals surface area contributed by atoms with Crippen LogP contribution in [0.25, 0.3) is 0 Å². The smallest absolute Gasteiger partial charge is 0.342 e. The summed E-state index contributed by atoms with van der Waals surface area (Å²) in [4.78, 5) is 11.6. The second-order valence-corrected chi connectivity index (χ2v) is 7.03. The molecule has 2 atom stereocenters. The molecule has 0 radical (unpaired) electrons. The highest BCUT2D eigenvalue weighted by Crippen LogP contribution is 2.39. The van der Waals surface area contributed by atoms with E-state index in [0.717, 1.165) is 0 Å². The van der Waals surface area contributed by atoms with Crippen molar-refractivity contribution in [1.82, 2.24) is 0 Å². The van der Waals surface area contributed by atoms with Gasteiger partial charge in [0.1, 0.15) is 6.79 Å². The Hall–Kier alpha value is 0.260. The van der Waals surface area contributed by atoms with Gasteiger partial charge in [-0.1, -0.05) is 37.0 Å². The molecular formula is C11H17Cl3O4. The summed E-state index contributed by atoms with van der Waals surface area (Å²) >= 11 is 18.1. The summed E-state index contributed by atoms with van der Waals surface area (Å²) in [5, 5.41) is -0.516. The summed E-state index contributed by atoms with van der Waals surface area (Å²) in [5.74, 6) is -0.672. The third-order valence-electron chi connectivity index (χ3n) is 2.79. The second-order valence-electron chi connectivity index (χ2n) is 4.98. The Bertz CT molecular complexity index is 307. The Morgan fingerprint density at radius 2 is 2.06 bits per heavy atom.